The van der Waals surface area contributed by atoms with Crippen LogP contribution in [0.1, 0.15) is 40.0 Å². The van der Waals surface area contributed by atoms with Gasteiger partial charge in [0.25, 0.3) is 0 Å². The molecule has 0 aliphatic carbocycles. The van der Waals surface area contributed by atoms with Crippen molar-refractivity contribution in [3.8, 4) is 0 Å². The first kappa shape index (κ1) is 14.0. The molecule has 5 nitrogen and oxygen atoms in total. The van der Waals surface area contributed by atoms with Gasteiger partial charge in [-0.05, 0) is 26.7 Å². The Kier molecular flexibility index (Phi) is 4.93. The molecule has 0 spiro atoms. The molecule has 0 bridgehead atoms. The smallest absolute Gasteiger partial charge is 0.320 e. The summed E-state index contributed by atoms with van der Waals surface area (Å²) in [6, 6.07) is -0.755. The molecule has 2 N–H and O–H groups in total. The number of nitrogens with zero attached hydrogens (tertiary/aromatic N) is 1. The summed E-state index contributed by atoms with van der Waals surface area (Å²) in [6.07, 6.45) is 2.05. The number of carboxylic acid groups (broad SMARTS) is 1. The average Bonchev–Trinajstić information content (AvgIpc) is 2.59. The van der Waals surface area contributed by atoms with Crippen molar-refractivity contribution in [1.82, 2.24) is 10.2 Å². The third-order valence-electron chi connectivity index (χ3n) is 3.14. The highest BCUT2D eigenvalue weighted by Gasteiger charge is 2.35. The third kappa shape index (κ3) is 3.43. The van der Waals surface area contributed by atoms with Gasteiger partial charge in [0.05, 0.1) is 6.04 Å². The molecule has 17 heavy (non-hydrogen) atoms. The number of carbonyl (C=O) groups is 2. The minimum atomic E-state index is -0.873. The van der Waals surface area contributed by atoms with Crippen LogP contribution in [0.5, 0.6) is 0 Å². The van der Waals surface area contributed by atoms with Crippen molar-refractivity contribution in [3.05, 3.63) is 0 Å². The van der Waals surface area contributed by atoms with Gasteiger partial charge in [0, 0.05) is 12.6 Å². The molecule has 0 saturated carbocycles. The molecule has 0 aromatic carbocycles. The Bertz CT molecular complexity index is 291. The van der Waals surface area contributed by atoms with Crippen LogP contribution in [0.25, 0.3) is 0 Å². The Balaban J connectivity index is 2.57. The molecule has 0 aromatic heterocycles. The standard InChI is InChI=1S/C12H22N2O3/c1-4-5-10(12(16)17)13-9-6-7-14(8(2)3)11(9)15/h8-10,13H,4-7H2,1-3H3,(H,16,17). The van der Waals surface area contributed by atoms with Crippen molar-refractivity contribution in [1.29, 1.82) is 0 Å². The molecule has 98 valence electrons. The number of hydrogen-bond donors (Lipinski definition) is 2. The van der Waals surface area contributed by atoms with E-state index in [4.69, 9.17) is 5.11 Å². The molecule has 1 aliphatic heterocycles. The summed E-state index contributed by atoms with van der Waals surface area (Å²) < 4.78 is 0. The number of carboxylic acids is 1. The summed E-state index contributed by atoms with van der Waals surface area (Å²) in [7, 11) is 0. The molecular weight excluding hydrogens is 220 g/mol. The minimum absolute atomic E-state index is 0.0300. The van der Waals surface area contributed by atoms with E-state index in [0.29, 0.717) is 19.4 Å². The molecule has 1 amide bonds. The molecule has 0 radical (unpaired) electrons. The van der Waals surface area contributed by atoms with E-state index in [1.165, 1.54) is 0 Å². The van der Waals surface area contributed by atoms with Crippen LogP contribution < -0.4 is 5.32 Å². The second kappa shape index (κ2) is 6.00. The second-order valence-corrected chi connectivity index (χ2v) is 4.81. The first-order valence-electron chi connectivity index (χ1n) is 6.26. The third-order valence-corrected chi connectivity index (χ3v) is 3.14. The largest absolute Gasteiger partial charge is 0.480 e. The van der Waals surface area contributed by atoms with Crippen molar-refractivity contribution in [2.75, 3.05) is 6.54 Å². The zero-order chi connectivity index (χ0) is 13.0. The average molecular weight is 242 g/mol. The summed E-state index contributed by atoms with van der Waals surface area (Å²) in [6.45, 7) is 6.60. The maximum atomic E-state index is 12.0. The van der Waals surface area contributed by atoms with Gasteiger partial charge in [-0.1, -0.05) is 13.3 Å². The van der Waals surface area contributed by atoms with Crippen molar-refractivity contribution < 1.29 is 14.7 Å². The van der Waals surface area contributed by atoms with Crippen molar-refractivity contribution in [2.24, 2.45) is 0 Å². The van der Waals surface area contributed by atoms with E-state index in [2.05, 4.69) is 5.32 Å². The quantitative estimate of drug-likeness (QED) is 0.724. The van der Waals surface area contributed by atoms with Crippen molar-refractivity contribution in [2.45, 2.75) is 58.2 Å². The topological polar surface area (TPSA) is 69.6 Å². The zero-order valence-electron chi connectivity index (χ0n) is 10.8. The van der Waals surface area contributed by atoms with E-state index in [1.54, 1.807) is 4.90 Å². The zero-order valence-corrected chi connectivity index (χ0v) is 10.8. The first-order chi connectivity index (χ1) is 7.97. The van der Waals surface area contributed by atoms with Gasteiger partial charge in [-0.2, -0.15) is 0 Å². The van der Waals surface area contributed by atoms with E-state index >= 15 is 0 Å². The monoisotopic (exact) mass is 242 g/mol. The van der Waals surface area contributed by atoms with Crippen LogP contribution in [0.15, 0.2) is 0 Å². The summed E-state index contributed by atoms with van der Waals surface area (Å²) >= 11 is 0. The Hall–Kier alpha value is -1.10. The maximum absolute atomic E-state index is 12.0. The highest BCUT2D eigenvalue weighted by molar-refractivity contribution is 5.85. The van der Waals surface area contributed by atoms with Crippen LogP contribution in [0.2, 0.25) is 0 Å². The summed E-state index contributed by atoms with van der Waals surface area (Å²) in [5, 5.41) is 12.0. The number of amides is 1. The lowest BCUT2D eigenvalue weighted by Crippen LogP contribution is -2.48. The Morgan fingerprint density at radius 1 is 1.59 bits per heavy atom. The van der Waals surface area contributed by atoms with Gasteiger partial charge in [-0.3, -0.25) is 14.9 Å². The fraction of sp³-hybridized carbons (Fsp3) is 0.833. The van der Waals surface area contributed by atoms with E-state index in [0.717, 1.165) is 6.42 Å². The van der Waals surface area contributed by atoms with Crippen LogP contribution in [0, 0.1) is 0 Å². The van der Waals surface area contributed by atoms with Gasteiger partial charge in [0.1, 0.15) is 6.04 Å². The van der Waals surface area contributed by atoms with Gasteiger partial charge >= 0.3 is 5.97 Å². The molecule has 1 rings (SSSR count). The summed E-state index contributed by atoms with van der Waals surface area (Å²) in [5.41, 5.74) is 0. The van der Waals surface area contributed by atoms with E-state index in [9.17, 15) is 9.59 Å². The lowest BCUT2D eigenvalue weighted by molar-refractivity contribution is -0.140. The molecule has 0 aromatic rings. The molecule has 5 heteroatoms. The molecular formula is C12H22N2O3. The molecule has 1 aliphatic rings. The van der Waals surface area contributed by atoms with Gasteiger partial charge in [0.2, 0.25) is 5.91 Å². The molecule has 1 saturated heterocycles. The van der Waals surface area contributed by atoms with Gasteiger partial charge in [-0.25, -0.2) is 0 Å². The van der Waals surface area contributed by atoms with Crippen LogP contribution in [-0.4, -0.2) is 46.6 Å². The van der Waals surface area contributed by atoms with Crippen molar-refractivity contribution in [3.63, 3.8) is 0 Å². The second-order valence-electron chi connectivity index (χ2n) is 4.81. The predicted molar refractivity (Wildman–Crippen MR) is 64.7 cm³/mol. The highest BCUT2D eigenvalue weighted by atomic mass is 16.4. The van der Waals surface area contributed by atoms with Crippen molar-refractivity contribution >= 4 is 11.9 Å². The Morgan fingerprint density at radius 2 is 2.24 bits per heavy atom. The molecule has 2 unspecified atom stereocenters. The molecule has 1 fully saturated rings. The number of rotatable bonds is 6. The summed E-state index contributed by atoms with van der Waals surface area (Å²) in [4.78, 5) is 24.8. The van der Waals surface area contributed by atoms with Gasteiger partial charge < -0.3 is 10.0 Å². The lowest BCUT2D eigenvalue weighted by atomic mass is 10.1. The highest BCUT2D eigenvalue weighted by Crippen LogP contribution is 2.15. The fourth-order valence-electron chi connectivity index (χ4n) is 2.18. The lowest BCUT2D eigenvalue weighted by Gasteiger charge is -2.22. The number of nitrogens with one attached hydrogen (secondary N) is 1. The number of likely N-dealkylation sites (tertiary alicyclic amines) is 1. The van der Waals surface area contributed by atoms with Gasteiger partial charge in [0.15, 0.2) is 0 Å². The number of aliphatic carboxylic acids is 1. The van der Waals surface area contributed by atoms with Crippen LogP contribution >= 0.6 is 0 Å². The minimum Gasteiger partial charge on any atom is -0.480 e. The molecule has 2 atom stereocenters. The Labute approximate surface area is 102 Å². The van der Waals surface area contributed by atoms with Crippen LogP contribution in [-0.2, 0) is 9.59 Å². The van der Waals surface area contributed by atoms with E-state index < -0.39 is 12.0 Å². The normalized spacial score (nSPS) is 22.2. The van der Waals surface area contributed by atoms with Gasteiger partial charge in [-0.15, -0.1) is 0 Å². The first-order valence-corrected chi connectivity index (χ1v) is 6.26. The van der Waals surface area contributed by atoms with E-state index in [1.807, 2.05) is 20.8 Å². The number of hydrogen-bond acceptors (Lipinski definition) is 3. The SMILES string of the molecule is CCCC(NC1CCN(C(C)C)C1=O)C(=O)O. The van der Waals surface area contributed by atoms with Crippen LogP contribution in [0.4, 0.5) is 0 Å². The summed E-state index contributed by atoms with van der Waals surface area (Å²) in [5.74, 6) is -0.843. The molecule has 1 heterocycles. The Morgan fingerprint density at radius 3 is 2.65 bits per heavy atom. The fourth-order valence-corrected chi connectivity index (χ4v) is 2.18. The van der Waals surface area contributed by atoms with Crippen LogP contribution in [0.3, 0.4) is 0 Å². The maximum Gasteiger partial charge on any atom is 0.320 e. The predicted octanol–water partition coefficient (Wildman–Crippen LogP) is 0.839. The number of carbonyl (C=O) groups excluding carboxylic acids is 1. The van der Waals surface area contributed by atoms with E-state index in [-0.39, 0.29) is 18.0 Å².